The van der Waals surface area contributed by atoms with Crippen LogP contribution in [0.25, 0.3) is 11.0 Å². The molecule has 3 aromatic heterocycles. The lowest BCUT2D eigenvalue weighted by molar-refractivity contribution is -0.127. The van der Waals surface area contributed by atoms with Crippen molar-refractivity contribution in [3.05, 3.63) is 107 Å². The van der Waals surface area contributed by atoms with E-state index in [-0.39, 0.29) is 48.1 Å². The highest BCUT2D eigenvalue weighted by atomic mass is 32.2. The van der Waals surface area contributed by atoms with Crippen LogP contribution in [0.5, 0.6) is 5.88 Å². The summed E-state index contributed by atoms with van der Waals surface area (Å²) >= 11 is 0. The van der Waals surface area contributed by atoms with Crippen molar-refractivity contribution in [3.63, 3.8) is 0 Å². The van der Waals surface area contributed by atoms with Gasteiger partial charge in [-0.2, -0.15) is 4.31 Å². The van der Waals surface area contributed by atoms with Crippen LogP contribution in [0.3, 0.4) is 0 Å². The molecule has 0 saturated carbocycles. The summed E-state index contributed by atoms with van der Waals surface area (Å²) in [7, 11) is -3.90. The van der Waals surface area contributed by atoms with Gasteiger partial charge in [0.25, 0.3) is 0 Å². The number of ketones is 1. The van der Waals surface area contributed by atoms with Gasteiger partial charge in [0.05, 0.1) is 12.1 Å². The monoisotopic (exact) mass is 666 g/mol. The van der Waals surface area contributed by atoms with Crippen LogP contribution in [-0.4, -0.2) is 56.1 Å². The minimum Gasteiger partial charge on any atom is -0.472 e. The number of fused-ring (bicyclic) bond motifs is 2. The van der Waals surface area contributed by atoms with Gasteiger partial charge in [-0.25, -0.2) is 18.1 Å². The Kier molecular flexibility index (Phi) is 9.19. The predicted molar refractivity (Wildman–Crippen MR) is 184 cm³/mol. The van der Waals surface area contributed by atoms with E-state index >= 15 is 0 Å². The third-order valence-corrected chi connectivity index (χ3v) is 11.5. The van der Waals surface area contributed by atoms with E-state index in [4.69, 9.17) is 4.74 Å². The molecule has 0 unspecified atom stereocenters. The highest BCUT2D eigenvalue weighted by molar-refractivity contribution is 7.89. The topological polar surface area (TPSA) is 120 Å². The highest BCUT2D eigenvalue weighted by Crippen LogP contribution is 2.45. The van der Waals surface area contributed by atoms with Gasteiger partial charge in [-0.3, -0.25) is 9.78 Å². The van der Waals surface area contributed by atoms with Crippen molar-refractivity contribution < 1.29 is 17.9 Å². The van der Waals surface area contributed by atoms with Crippen molar-refractivity contribution in [3.8, 4) is 5.88 Å². The first-order valence-corrected chi connectivity index (χ1v) is 17.9. The first kappa shape index (κ1) is 33.4. The van der Waals surface area contributed by atoms with Gasteiger partial charge in [0.15, 0.2) is 0 Å². The molecule has 1 aliphatic rings. The number of carbonyl (C=O) groups is 1. The zero-order chi connectivity index (χ0) is 34.2. The number of benzene rings is 2. The molecule has 0 N–H and O–H groups in total. The van der Waals surface area contributed by atoms with Crippen LogP contribution in [-0.2, 0) is 34.3 Å². The molecule has 0 amide bonds. The molecular weight excluding hydrogens is 625 g/mol. The van der Waals surface area contributed by atoms with Gasteiger partial charge in [0.2, 0.25) is 15.9 Å². The first-order valence-electron chi connectivity index (χ1n) is 16.4. The third-order valence-electron chi connectivity index (χ3n) is 9.67. The van der Waals surface area contributed by atoms with E-state index in [1.165, 1.54) is 4.31 Å². The SMILES string of the molecule is CC[C@@H]1CN(Cc2cc([C@@H](c3ccc4c(nnn4CC)c3C)C(C)(C)C(=O)Cc3cccnc3)ccc2C)S(=O)(=O)c2cccnc2O1. The number of carbonyl (C=O) groups excluding carboxylic acids is 1. The lowest BCUT2D eigenvalue weighted by Gasteiger charge is -2.35. The number of Topliss-reactive ketones (excluding diaryl/α,β-unsaturated/α-hetero) is 1. The van der Waals surface area contributed by atoms with Gasteiger partial charge >= 0.3 is 0 Å². The van der Waals surface area contributed by atoms with Crippen LogP contribution in [0.2, 0.25) is 0 Å². The number of hydrogen-bond acceptors (Lipinski definition) is 8. The zero-order valence-electron chi connectivity index (χ0n) is 28.3. The number of sulfonamides is 1. The Morgan fingerprint density at radius 1 is 1.06 bits per heavy atom. The van der Waals surface area contributed by atoms with Crippen LogP contribution < -0.4 is 4.74 Å². The van der Waals surface area contributed by atoms with E-state index in [2.05, 4.69) is 38.5 Å². The lowest BCUT2D eigenvalue weighted by atomic mass is 9.66. The molecule has 5 aromatic rings. The Bertz CT molecular complexity index is 2080. The van der Waals surface area contributed by atoms with Crippen molar-refractivity contribution in [1.29, 1.82) is 0 Å². The summed E-state index contributed by atoms with van der Waals surface area (Å²) in [6, 6.07) is 17.2. The molecule has 0 aliphatic carbocycles. The Balaban J connectivity index is 1.46. The van der Waals surface area contributed by atoms with E-state index in [9.17, 15) is 13.2 Å². The fourth-order valence-electron chi connectivity index (χ4n) is 6.70. The molecule has 10 nitrogen and oxygen atoms in total. The Morgan fingerprint density at radius 3 is 2.58 bits per heavy atom. The summed E-state index contributed by atoms with van der Waals surface area (Å²) in [5.74, 6) is -0.159. The second-order valence-electron chi connectivity index (χ2n) is 13.1. The summed E-state index contributed by atoms with van der Waals surface area (Å²) in [5, 5.41) is 8.88. The standard InChI is InChI=1S/C37H42N6O4S/c1-7-29-23-42(48(45,46)32-12-10-18-39-36(32)47-29)22-28-20-27(14-13-24(28)3)34(37(5,6)33(44)19-26-11-9-17-38-21-26)30-15-16-31-35(25(30)4)40-41-43(31)8-2/h9-18,20-21,29,34H,7-8,19,22-23H2,1-6H3/t29-,34+/m1/s1. The lowest BCUT2D eigenvalue weighted by Crippen LogP contribution is -2.37. The van der Waals surface area contributed by atoms with Crippen molar-refractivity contribution in [2.75, 3.05) is 6.54 Å². The summed E-state index contributed by atoms with van der Waals surface area (Å²) in [4.78, 5) is 22.8. The fourth-order valence-corrected chi connectivity index (χ4v) is 8.23. The molecule has 48 heavy (non-hydrogen) atoms. The number of nitrogens with zero attached hydrogens (tertiary/aromatic N) is 6. The molecule has 0 radical (unpaired) electrons. The molecule has 6 rings (SSSR count). The average Bonchev–Trinajstić information content (AvgIpc) is 3.46. The summed E-state index contributed by atoms with van der Waals surface area (Å²) in [5.41, 5.74) is 6.40. The van der Waals surface area contributed by atoms with Crippen LogP contribution in [0, 0.1) is 19.3 Å². The van der Waals surface area contributed by atoms with Gasteiger partial charge in [-0.1, -0.05) is 56.3 Å². The molecule has 2 atom stereocenters. The number of aryl methyl sites for hydroxylation is 3. The van der Waals surface area contributed by atoms with Crippen LogP contribution in [0.4, 0.5) is 0 Å². The van der Waals surface area contributed by atoms with E-state index in [0.717, 1.165) is 44.4 Å². The molecule has 1 aliphatic heterocycles. The summed E-state index contributed by atoms with van der Waals surface area (Å²) < 4.78 is 37.4. The van der Waals surface area contributed by atoms with Crippen molar-refractivity contribution in [1.82, 2.24) is 29.3 Å². The van der Waals surface area contributed by atoms with Gasteiger partial charge in [-0.15, -0.1) is 5.10 Å². The average molecular weight is 667 g/mol. The second-order valence-corrected chi connectivity index (χ2v) is 15.0. The Hall–Kier alpha value is -4.48. The van der Waals surface area contributed by atoms with E-state index in [1.54, 1.807) is 30.7 Å². The maximum absolute atomic E-state index is 14.3. The number of ether oxygens (including phenoxy) is 1. The number of rotatable bonds is 10. The molecule has 0 saturated heterocycles. The van der Waals surface area contributed by atoms with E-state index < -0.39 is 15.4 Å². The zero-order valence-corrected chi connectivity index (χ0v) is 29.2. The quantitative estimate of drug-likeness (QED) is 0.173. The van der Waals surface area contributed by atoms with E-state index in [1.807, 2.05) is 70.5 Å². The molecule has 4 heterocycles. The predicted octanol–water partition coefficient (Wildman–Crippen LogP) is 6.19. The molecule has 2 aromatic carbocycles. The van der Waals surface area contributed by atoms with E-state index in [0.29, 0.717) is 13.0 Å². The van der Waals surface area contributed by atoms with Crippen molar-refractivity contribution in [2.24, 2.45) is 5.41 Å². The van der Waals surface area contributed by atoms with Crippen molar-refractivity contribution in [2.45, 2.75) is 84.4 Å². The molecule has 0 fully saturated rings. The van der Waals surface area contributed by atoms with Crippen LogP contribution in [0.1, 0.15) is 73.4 Å². The minimum absolute atomic E-state index is 0.0684. The van der Waals surface area contributed by atoms with Crippen molar-refractivity contribution >= 4 is 26.8 Å². The number of aromatic nitrogens is 5. The smallest absolute Gasteiger partial charge is 0.248 e. The van der Waals surface area contributed by atoms with Gasteiger partial charge < -0.3 is 4.74 Å². The Morgan fingerprint density at radius 2 is 1.85 bits per heavy atom. The minimum atomic E-state index is -3.90. The normalized spacial score (nSPS) is 17.0. The molecule has 0 spiro atoms. The molecule has 11 heteroatoms. The Labute approximate surface area is 282 Å². The summed E-state index contributed by atoms with van der Waals surface area (Å²) in [6.45, 7) is 13.1. The number of hydrogen-bond donors (Lipinski definition) is 0. The maximum Gasteiger partial charge on any atom is 0.248 e. The largest absolute Gasteiger partial charge is 0.472 e. The first-order chi connectivity index (χ1) is 22.9. The fraction of sp³-hybridized carbons (Fsp3) is 0.378. The number of pyridine rings is 2. The highest BCUT2D eigenvalue weighted by Gasteiger charge is 2.40. The molecule has 0 bridgehead atoms. The van der Waals surface area contributed by atoms with Crippen LogP contribution in [0.15, 0.2) is 78.1 Å². The van der Waals surface area contributed by atoms with Gasteiger partial charge in [-0.05, 0) is 84.8 Å². The maximum atomic E-state index is 14.3. The van der Waals surface area contributed by atoms with Gasteiger partial charge in [0, 0.05) is 49.4 Å². The van der Waals surface area contributed by atoms with Crippen LogP contribution >= 0.6 is 0 Å². The summed E-state index contributed by atoms with van der Waals surface area (Å²) in [6.07, 6.45) is 5.50. The molecular formula is C37H42N6O4S. The molecule has 250 valence electrons. The van der Waals surface area contributed by atoms with Gasteiger partial charge in [0.1, 0.15) is 22.3 Å². The third kappa shape index (κ3) is 6.12. The second kappa shape index (κ2) is 13.2.